The molecule has 5 nitrogen and oxygen atoms in total. The number of rotatable bonds is 4. The molecule has 2 heterocycles. The fourth-order valence-electron chi connectivity index (χ4n) is 2.30. The molecule has 0 spiro atoms. The lowest BCUT2D eigenvalue weighted by Crippen LogP contribution is -2.15. The van der Waals surface area contributed by atoms with Crippen molar-refractivity contribution in [3.63, 3.8) is 0 Å². The molecule has 0 saturated heterocycles. The lowest BCUT2D eigenvalue weighted by atomic mass is 10.2. The Balaban J connectivity index is 1.74. The zero-order valence-electron chi connectivity index (χ0n) is 11.2. The Kier molecular flexibility index (Phi) is 3.05. The van der Waals surface area contributed by atoms with E-state index in [0.29, 0.717) is 0 Å². The van der Waals surface area contributed by atoms with E-state index in [4.69, 9.17) is 0 Å². The van der Waals surface area contributed by atoms with Crippen molar-refractivity contribution in [1.29, 1.82) is 0 Å². The van der Waals surface area contributed by atoms with Gasteiger partial charge >= 0.3 is 0 Å². The Bertz CT molecular complexity index is 695. The lowest BCUT2D eigenvalue weighted by molar-refractivity contribution is 0.614. The minimum Gasteiger partial charge on any atom is -0.305 e. The molecule has 1 aromatic carbocycles. The van der Waals surface area contributed by atoms with Crippen LogP contribution in [-0.2, 0) is 27.2 Å². The van der Waals surface area contributed by atoms with E-state index in [1.165, 1.54) is 16.6 Å². The van der Waals surface area contributed by atoms with Gasteiger partial charge in [-0.05, 0) is 12.1 Å². The van der Waals surface area contributed by atoms with Crippen LogP contribution in [0.15, 0.2) is 36.5 Å². The van der Waals surface area contributed by atoms with Gasteiger partial charge in [0.2, 0.25) is 0 Å². The normalized spacial score (nSPS) is 11.3. The molecule has 3 rings (SSSR count). The Morgan fingerprint density at radius 2 is 1.89 bits per heavy atom. The molecule has 5 heteroatoms. The topological polar surface area (TPSA) is 47.7 Å². The Morgan fingerprint density at radius 1 is 1.05 bits per heavy atom. The quantitative estimate of drug-likeness (QED) is 0.770. The third-order valence-electron chi connectivity index (χ3n) is 3.36. The third kappa shape index (κ3) is 2.24. The standard InChI is InChI=1S/C14H17N5/c1-18-11(7-8-16-18)9-15-10-13-12-5-3-4-6-14(12)19(2)17-13/h3-8,15H,9-10H2,1-2H3. The molecule has 3 aromatic rings. The number of aromatic nitrogens is 4. The van der Waals surface area contributed by atoms with Crippen LogP contribution in [0.25, 0.3) is 10.9 Å². The first-order chi connectivity index (χ1) is 9.25. The SMILES string of the molecule is Cn1nccc1CNCc1nn(C)c2ccccc12. The van der Waals surface area contributed by atoms with Crippen LogP contribution in [0, 0.1) is 0 Å². The number of para-hydroxylation sites is 1. The van der Waals surface area contributed by atoms with Gasteiger partial charge in [-0.2, -0.15) is 10.2 Å². The van der Waals surface area contributed by atoms with Gasteiger partial charge in [0.1, 0.15) is 0 Å². The van der Waals surface area contributed by atoms with Gasteiger partial charge in [-0.1, -0.05) is 18.2 Å². The molecule has 0 aliphatic carbocycles. The molecule has 0 amide bonds. The summed E-state index contributed by atoms with van der Waals surface area (Å²) in [7, 11) is 3.93. The molecule has 0 aliphatic heterocycles. The first kappa shape index (κ1) is 11.9. The first-order valence-corrected chi connectivity index (χ1v) is 6.34. The monoisotopic (exact) mass is 255 g/mol. The van der Waals surface area contributed by atoms with Crippen molar-refractivity contribution >= 4 is 10.9 Å². The van der Waals surface area contributed by atoms with E-state index in [9.17, 15) is 0 Å². The summed E-state index contributed by atoms with van der Waals surface area (Å²) < 4.78 is 3.81. The highest BCUT2D eigenvalue weighted by atomic mass is 15.3. The predicted molar refractivity (Wildman–Crippen MR) is 74.5 cm³/mol. The van der Waals surface area contributed by atoms with Gasteiger partial charge in [-0.3, -0.25) is 9.36 Å². The van der Waals surface area contributed by atoms with Gasteiger partial charge in [-0.15, -0.1) is 0 Å². The number of fused-ring (bicyclic) bond motifs is 1. The highest BCUT2D eigenvalue weighted by Gasteiger charge is 2.07. The number of nitrogens with zero attached hydrogens (tertiary/aromatic N) is 4. The van der Waals surface area contributed by atoms with E-state index in [0.717, 1.165) is 18.8 Å². The van der Waals surface area contributed by atoms with Gasteiger partial charge in [0, 0.05) is 38.8 Å². The maximum Gasteiger partial charge on any atom is 0.0841 e. The summed E-state index contributed by atoms with van der Waals surface area (Å²) in [6.07, 6.45) is 1.81. The molecule has 19 heavy (non-hydrogen) atoms. The van der Waals surface area contributed by atoms with Crippen LogP contribution in [0.3, 0.4) is 0 Å². The minimum absolute atomic E-state index is 0.756. The van der Waals surface area contributed by atoms with Crippen LogP contribution in [0.2, 0.25) is 0 Å². The average Bonchev–Trinajstić information content (AvgIpc) is 2.96. The van der Waals surface area contributed by atoms with E-state index < -0.39 is 0 Å². The van der Waals surface area contributed by atoms with Gasteiger partial charge in [0.05, 0.1) is 16.9 Å². The molecular formula is C14H17N5. The molecule has 0 fully saturated rings. The largest absolute Gasteiger partial charge is 0.305 e. The molecule has 1 N–H and O–H groups in total. The molecule has 0 bridgehead atoms. The number of hydrogen-bond acceptors (Lipinski definition) is 3. The van der Waals surface area contributed by atoms with Crippen LogP contribution < -0.4 is 5.32 Å². The highest BCUT2D eigenvalue weighted by Crippen LogP contribution is 2.17. The van der Waals surface area contributed by atoms with Crippen molar-refractivity contribution in [3.8, 4) is 0 Å². The van der Waals surface area contributed by atoms with Gasteiger partial charge in [0.25, 0.3) is 0 Å². The van der Waals surface area contributed by atoms with Gasteiger partial charge in [-0.25, -0.2) is 0 Å². The Hall–Kier alpha value is -2.14. The lowest BCUT2D eigenvalue weighted by Gasteiger charge is -2.03. The number of nitrogens with one attached hydrogen (secondary N) is 1. The molecule has 0 radical (unpaired) electrons. The van der Waals surface area contributed by atoms with Crippen molar-refractivity contribution < 1.29 is 0 Å². The predicted octanol–water partition coefficient (Wildman–Crippen LogP) is 1.60. The highest BCUT2D eigenvalue weighted by molar-refractivity contribution is 5.81. The fraction of sp³-hybridized carbons (Fsp3) is 0.286. The summed E-state index contributed by atoms with van der Waals surface area (Å²) in [5.41, 5.74) is 3.42. The van der Waals surface area contributed by atoms with Crippen LogP contribution in [-0.4, -0.2) is 19.6 Å². The van der Waals surface area contributed by atoms with Crippen LogP contribution >= 0.6 is 0 Å². The summed E-state index contributed by atoms with van der Waals surface area (Å²) >= 11 is 0. The molecule has 0 atom stereocenters. The summed E-state index contributed by atoms with van der Waals surface area (Å²) in [5, 5.41) is 13.3. The van der Waals surface area contributed by atoms with Crippen molar-refractivity contribution in [3.05, 3.63) is 47.9 Å². The molecule has 0 unspecified atom stereocenters. The van der Waals surface area contributed by atoms with E-state index in [2.05, 4.69) is 33.7 Å². The van der Waals surface area contributed by atoms with Gasteiger partial charge in [0.15, 0.2) is 0 Å². The van der Waals surface area contributed by atoms with E-state index in [-0.39, 0.29) is 0 Å². The number of hydrogen-bond donors (Lipinski definition) is 1. The first-order valence-electron chi connectivity index (χ1n) is 6.34. The molecule has 0 saturated carbocycles. The fourth-order valence-corrected chi connectivity index (χ4v) is 2.30. The van der Waals surface area contributed by atoms with E-state index in [1.807, 2.05) is 41.8 Å². The van der Waals surface area contributed by atoms with Crippen LogP contribution in [0.5, 0.6) is 0 Å². The Morgan fingerprint density at radius 3 is 2.68 bits per heavy atom. The van der Waals surface area contributed by atoms with Crippen LogP contribution in [0.1, 0.15) is 11.4 Å². The van der Waals surface area contributed by atoms with Crippen molar-refractivity contribution in [1.82, 2.24) is 24.9 Å². The Labute approximate surface area is 111 Å². The summed E-state index contributed by atoms with van der Waals surface area (Å²) in [5.74, 6) is 0. The average molecular weight is 255 g/mol. The molecule has 2 aromatic heterocycles. The zero-order valence-corrected chi connectivity index (χ0v) is 11.2. The summed E-state index contributed by atoms with van der Waals surface area (Å²) in [4.78, 5) is 0. The second-order valence-corrected chi connectivity index (χ2v) is 4.64. The maximum absolute atomic E-state index is 4.56. The molecule has 98 valence electrons. The van der Waals surface area contributed by atoms with E-state index >= 15 is 0 Å². The smallest absolute Gasteiger partial charge is 0.0841 e. The number of aryl methyl sites for hydroxylation is 2. The zero-order chi connectivity index (χ0) is 13.2. The van der Waals surface area contributed by atoms with E-state index in [1.54, 1.807) is 0 Å². The van der Waals surface area contributed by atoms with Crippen molar-refractivity contribution in [2.45, 2.75) is 13.1 Å². The summed E-state index contributed by atoms with van der Waals surface area (Å²) in [6, 6.07) is 10.3. The molecular weight excluding hydrogens is 238 g/mol. The van der Waals surface area contributed by atoms with Gasteiger partial charge < -0.3 is 5.32 Å². The second kappa shape index (κ2) is 4.85. The third-order valence-corrected chi connectivity index (χ3v) is 3.36. The van der Waals surface area contributed by atoms with Crippen molar-refractivity contribution in [2.24, 2.45) is 14.1 Å². The van der Waals surface area contributed by atoms with Crippen molar-refractivity contribution in [2.75, 3.05) is 0 Å². The number of benzene rings is 1. The second-order valence-electron chi connectivity index (χ2n) is 4.64. The molecule has 0 aliphatic rings. The summed E-state index contributed by atoms with van der Waals surface area (Å²) in [6.45, 7) is 1.55. The van der Waals surface area contributed by atoms with Crippen LogP contribution in [0.4, 0.5) is 0 Å². The minimum atomic E-state index is 0.756. The maximum atomic E-state index is 4.56.